The molecule has 0 spiro atoms. The quantitative estimate of drug-likeness (QED) is 0.510. The van der Waals surface area contributed by atoms with Gasteiger partial charge in [-0.3, -0.25) is 9.59 Å². The summed E-state index contributed by atoms with van der Waals surface area (Å²) < 4.78 is 0. The first kappa shape index (κ1) is 17.0. The molecule has 2 aliphatic rings. The zero-order valence-corrected chi connectivity index (χ0v) is 16.1. The van der Waals surface area contributed by atoms with Gasteiger partial charge in [-0.05, 0) is 17.7 Å². The van der Waals surface area contributed by atoms with E-state index in [1.165, 1.54) is 5.01 Å². The van der Waals surface area contributed by atoms with Crippen molar-refractivity contribution in [3.05, 3.63) is 71.5 Å². The average Bonchev–Trinajstić information content (AvgIpc) is 3.35. The average molecular weight is 397 g/mol. The van der Waals surface area contributed by atoms with Gasteiger partial charge in [0.05, 0.1) is 12.8 Å². The number of carbonyl (C=O) groups excluding carboxylic acids is 2. The highest BCUT2D eigenvalue weighted by molar-refractivity contribution is 6.01. The van der Waals surface area contributed by atoms with Gasteiger partial charge in [0.25, 0.3) is 5.91 Å². The van der Waals surface area contributed by atoms with Gasteiger partial charge in [-0.1, -0.05) is 36.4 Å². The Morgan fingerprint density at radius 3 is 2.60 bits per heavy atom. The molecule has 1 saturated heterocycles. The summed E-state index contributed by atoms with van der Waals surface area (Å²) in [5.74, 6) is -0.221. The van der Waals surface area contributed by atoms with Gasteiger partial charge in [0.2, 0.25) is 5.91 Å². The van der Waals surface area contributed by atoms with E-state index in [9.17, 15) is 9.59 Å². The van der Waals surface area contributed by atoms with Crippen LogP contribution in [0.5, 0.6) is 0 Å². The summed E-state index contributed by atoms with van der Waals surface area (Å²) in [7, 11) is 0. The molecule has 2 N–H and O–H groups in total. The molecule has 6 rings (SSSR count). The number of hydrazone groups is 1. The molecule has 4 heterocycles. The van der Waals surface area contributed by atoms with Gasteiger partial charge >= 0.3 is 0 Å². The molecule has 2 aromatic heterocycles. The number of benzene rings is 2. The number of H-pyrrole nitrogens is 2. The second-order valence-corrected chi connectivity index (χ2v) is 7.80. The summed E-state index contributed by atoms with van der Waals surface area (Å²) in [5, 5.41) is 7.84. The summed E-state index contributed by atoms with van der Waals surface area (Å²) in [5.41, 5.74) is 5.07. The third kappa shape index (κ3) is 2.48. The molecule has 30 heavy (non-hydrogen) atoms. The van der Waals surface area contributed by atoms with Gasteiger partial charge in [-0.15, -0.1) is 0 Å². The van der Waals surface area contributed by atoms with E-state index < -0.39 is 6.04 Å². The van der Waals surface area contributed by atoms with Gasteiger partial charge in [0.15, 0.2) is 0 Å². The summed E-state index contributed by atoms with van der Waals surface area (Å²) in [6, 6.07) is 15.4. The maximum atomic E-state index is 13.2. The third-order valence-corrected chi connectivity index (χ3v) is 6.11. The summed E-state index contributed by atoms with van der Waals surface area (Å²) in [6.07, 6.45) is 4.01. The van der Waals surface area contributed by atoms with Crippen molar-refractivity contribution < 1.29 is 9.59 Å². The van der Waals surface area contributed by atoms with Gasteiger partial charge in [-0.2, -0.15) is 5.10 Å². The molecule has 1 fully saturated rings. The Morgan fingerprint density at radius 2 is 1.73 bits per heavy atom. The van der Waals surface area contributed by atoms with Gasteiger partial charge in [0.1, 0.15) is 12.6 Å². The molecule has 2 amide bonds. The van der Waals surface area contributed by atoms with Gasteiger partial charge in [0, 0.05) is 45.7 Å². The number of fused-ring (bicyclic) bond motifs is 5. The van der Waals surface area contributed by atoms with E-state index in [2.05, 4.69) is 21.1 Å². The van der Waals surface area contributed by atoms with Crippen molar-refractivity contribution in [2.24, 2.45) is 5.10 Å². The number of nitrogens with one attached hydrogen (secondary N) is 2. The largest absolute Gasteiger partial charge is 0.361 e. The first-order chi connectivity index (χ1) is 14.7. The fourth-order valence-corrected chi connectivity index (χ4v) is 4.59. The maximum absolute atomic E-state index is 13.2. The Labute approximate surface area is 172 Å². The van der Waals surface area contributed by atoms with Crippen molar-refractivity contribution in [2.45, 2.75) is 19.0 Å². The van der Waals surface area contributed by atoms with Crippen LogP contribution in [0.3, 0.4) is 0 Å². The Morgan fingerprint density at radius 1 is 0.967 bits per heavy atom. The summed E-state index contributed by atoms with van der Waals surface area (Å²) >= 11 is 0. The molecule has 0 saturated carbocycles. The molecule has 1 unspecified atom stereocenters. The van der Waals surface area contributed by atoms with Crippen molar-refractivity contribution in [1.82, 2.24) is 19.9 Å². The summed E-state index contributed by atoms with van der Waals surface area (Å²) in [6.45, 7) is 0.392. The second kappa shape index (κ2) is 6.32. The molecule has 2 aliphatic heterocycles. The summed E-state index contributed by atoms with van der Waals surface area (Å²) in [4.78, 5) is 34.3. The molecule has 7 nitrogen and oxygen atoms in total. The number of piperazine rings is 1. The van der Waals surface area contributed by atoms with Crippen LogP contribution in [0.2, 0.25) is 0 Å². The van der Waals surface area contributed by atoms with E-state index in [1.54, 1.807) is 11.1 Å². The number of rotatable bonds is 2. The minimum atomic E-state index is -0.516. The van der Waals surface area contributed by atoms with E-state index >= 15 is 0 Å². The van der Waals surface area contributed by atoms with E-state index in [4.69, 9.17) is 0 Å². The lowest BCUT2D eigenvalue weighted by atomic mass is 9.94. The molecule has 0 aliphatic carbocycles. The zero-order chi connectivity index (χ0) is 20.2. The first-order valence-corrected chi connectivity index (χ1v) is 9.98. The molecular formula is C23H19N5O2. The fourth-order valence-electron chi connectivity index (χ4n) is 4.59. The van der Waals surface area contributed by atoms with Gasteiger partial charge < -0.3 is 14.9 Å². The maximum Gasteiger partial charge on any atom is 0.266 e. The molecule has 2 aromatic carbocycles. The number of amides is 2. The molecular weight excluding hydrogens is 378 g/mol. The predicted molar refractivity (Wildman–Crippen MR) is 114 cm³/mol. The van der Waals surface area contributed by atoms with Crippen molar-refractivity contribution in [3.8, 4) is 0 Å². The molecule has 7 heteroatoms. The number of para-hydroxylation sites is 2. The van der Waals surface area contributed by atoms with Crippen LogP contribution in [0.1, 0.15) is 16.8 Å². The number of nitrogens with zero attached hydrogens (tertiary/aromatic N) is 3. The van der Waals surface area contributed by atoms with Crippen LogP contribution in [0.4, 0.5) is 0 Å². The fraction of sp³-hybridized carbons (Fsp3) is 0.174. The molecule has 0 radical (unpaired) electrons. The van der Waals surface area contributed by atoms with Crippen molar-refractivity contribution in [1.29, 1.82) is 0 Å². The van der Waals surface area contributed by atoms with Crippen LogP contribution >= 0.6 is 0 Å². The first-order valence-electron chi connectivity index (χ1n) is 9.98. The van der Waals surface area contributed by atoms with Crippen LogP contribution in [-0.2, 0) is 22.6 Å². The third-order valence-electron chi connectivity index (χ3n) is 6.11. The highest BCUT2D eigenvalue weighted by atomic mass is 16.2. The Bertz CT molecular complexity index is 1350. The second-order valence-electron chi connectivity index (χ2n) is 7.80. The van der Waals surface area contributed by atoms with E-state index in [-0.39, 0.29) is 18.4 Å². The minimum absolute atomic E-state index is 0.0379. The number of hydrogen-bond acceptors (Lipinski definition) is 3. The molecule has 1 atom stereocenters. The van der Waals surface area contributed by atoms with Gasteiger partial charge in [-0.25, -0.2) is 5.01 Å². The molecule has 148 valence electrons. The Balaban J connectivity index is 1.32. The topological polar surface area (TPSA) is 84.6 Å². The van der Waals surface area contributed by atoms with Crippen LogP contribution in [0, 0.1) is 0 Å². The molecule has 0 bridgehead atoms. The van der Waals surface area contributed by atoms with E-state index in [0.29, 0.717) is 13.0 Å². The zero-order valence-electron chi connectivity index (χ0n) is 16.1. The van der Waals surface area contributed by atoms with Crippen LogP contribution < -0.4 is 0 Å². The number of hydrogen-bond donors (Lipinski definition) is 2. The van der Waals surface area contributed by atoms with E-state index in [1.807, 2.05) is 48.7 Å². The van der Waals surface area contributed by atoms with Crippen molar-refractivity contribution in [2.75, 3.05) is 6.54 Å². The van der Waals surface area contributed by atoms with Crippen LogP contribution in [0.15, 0.2) is 59.8 Å². The lowest BCUT2D eigenvalue weighted by molar-refractivity contribution is -0.157. The SMILES string of the molecule is O=C1C2Cc3c([nH]c4ccccc34)CN2C(=O)CN1N=Cc1c[nH]c2ccccc12. The lowest BCUT2D eigenvalue weighted by Crippen LogP contribution is -2.60. The number of aromatic amines is 2. The van der Waals surface area contributed by atoms with Crippen molar-refractivity contribution in [3.63, 3.8) is 0 Å². The predicted octanol–water partition coefficient (Wildman–Crippen LogP) is 2.78. The minimum Gasteiger partial charge on any atom is -0.361 e. The number of carbonyl (C=O) groups is 2. The Kier molecular flexibility index (Phi) is 3.59. The smallest absolute Gasteiger partial charge is 0.266 e. The monoisotopic (exact) mass is 397 g/mol. The highest BCUT2D eigenvalue weighted by Crippen LogP contribution is 2.32. The van der Waals surface area contributed by atoms with Crippen LogP contribution in [-0.4, -0.2) is 50.5 Å². The normalized spacial score (nSPS) is 19.1. The molecule has 4 aromatic rings. The standard InChI is InChI=1S/C23H19N5O2/c29-22-13-28(25-11-14-10-24-18-7-3-1-5-15(14)18)23(30)21-9-17-16-6-2-4-8-19(16)26-20(17)12-27(21)22/h1-8,10-11,21,24,26H,9,12-13H2. The van der Waals surface area contributed by atoms with Crippen molar-refractivity contribution >= 4 is 39.8 Å². The number of aromatic nitrogens is 2. The lowest BCUT2D eigenvalue weighted by Gasteiger charge is -2.40. The van der Waals surface area contributed by atoms with Crippen LogP contribution in [0.25, 0.3) is 21.8 Å². The highest BCUT2D eigenvalue weighted by Gasteiger charge is 2.43. The van der Waals surface area contributed by atoms with E-state index in [0.717, 1.165) is 38.6 Å². The Hall–Kier alpha value is -3.87.